The van der Waals surface area contributed by atoms with Gasteiger partial charge in [-0.05, 0) is 81.1 Å². The Morgan fingerprint density at radius 2 is 2.04 bits per heavy atom. The normalized spacial score (nSPS) is 45.5. The van der Waals surface area contributed by atoms with Crippen molar-refractivity contribution >= 4 is 0 Å². The Kier molecular flexibility index (Phi) is 3.42. The van der Waals surface area contributed by atoms with Crippen LogP contribution in [0.3, 0.4) is 0 Å². The summed E-state index contributed by atoms with van der Waals surface area (Å²) < 4.78 is 5.49. The van der Waals surface area contributed by atoms with Gasteiger partial charge < -0.3 is 4.74 Å². The van der Waals surface area contributed by atoms with E-state index in [1.165, 1.54) is 37.9 Å². The molecule has 5 atom stereocenters. The van der Waals surface area contributed by atoms with Crippen molar-refractivity contribution in [3.05, 3.63) is 23.0 Å². The summed E-state index contributed by atoms with van der Waals surface area (Å²) in [7, 11) is 1.80. The van der Waals surface area contributed by atoms with E-state index in [0.29, 0.717) is 0 Å². The molecule has 0 saturated heterocycles. The lowest BCUT2D eigenvalue weighted by Crippen LogP contribution is -2.46. The fourth-order valence-electron chi connectivity index (χ4n) is 6.50. The molecule has 0 aromatic heterocycles. The van der Waals surface area contributed by atoms with Gasteiger partial charge in [-0.25, -0.2) is 0 Å². The van der Waals surface area contributed by atoms with Crippen molar-refractivity contribution in [1.82, 2.24) is 0 Å². The summed E-state index contributed by atoms with van der Waals surface area (Å²) in [6, 6.07) is 2.71. The van der Waals surface area contributed by atoms with Gasteiger partial charge in [0.15, 0.2) is 0 Å². The van der Waals surface area contributed by atoms with E-state index in [2.05, 4.69) is 26.0 Å². The summed E-state index contributed by atoms with van der Waals surface area (Å²) in [5.41, 5.74) is 3.56. The van der Waals surface area contributed by atoms with Gasteiger partial charge in [-0.2, -0.15) is 5.26 Å². The predicted molar refractivity (Wildman–Crippen MR) is 91.4 cm³/mol. The molecule has 2 fully saturated rings. The number of methoxy groups -OCH3 is 1. The van der Waals surface area contributed by atoms with Crippen molar-refractivity contribution in [3.8, 4) is 6.07 Å². The summed E-state index contributed by atoms with van der Waals surface area (Å²) in [5.74, 6) is 3.53. The molecule has 0 aromatic carbocycles. The number of allylic oxidation sites excluding steroid dienone is 3. The van der Waals surface area contributed by atoms with Gasteiger partial charge in [0.2, 0.25) is 0 Å². The lowest BCUT2D eigenvalue weighted by molar-refractivity contribution is -0.00451. The number of hydrogen-bond acceptors (Lipinski definition) is 2. The first-order chi connectivity index (χ1) is 11.0. The first-order valence-electron chi connectivity index (χ1n) is 9.37. The summed E-state index contributed by atoms with van der Waals surface area (Å²) >= 11 is 0. The highest BCUT2D eigenvalue weighted by Gasteiger charge is 2.60. The largest absolute Gasteiger partial charge is 0.501 e. The van der Waals surface area contributed by atoms with Crippen LogP contribution in [-0.4, -0.2) is 7.11 Å². The molecule has 0 aliphatic heterocycles. The number of nitriles is 1. The van der Waals surface area contributed by atoms with Crippen LogP contribution in [-0.2, 0) is 4.74 Å². The summed E-state index contributed by atoms with van der Waals surface area (Å²) in [5, 5.41) is 9.79. The minimum absolute atomic E-state index is 0.104. The lowest BCUT2D eigenvalue weighted by Gasteiger charge is -2.53. The van der Waals surface area contributed by atoms with Gasteiger partial charge in [-0.3, -0.25) is 0 Å². The Labute approximate surface area is 140 Å². The van der Waals surface area contributed by atoms with Crippen LogP contribution in [0.25, 0.3) is 0 Å². The van der Waals surface area contributed by atoms with Gasteiger partial charge in [0.1, 0.15) is 0 Å². The molecule has 2 nitrogen and oxygen atoms in total. The molecule has 0 heterocycles. The molecule has 23 heavy (non-hydrogen) atoms. The fourth-order valence-corrected chi connectivity index (χ4v) is 6.50. The maximum Gasteiger partial charge on any atom is 0.0959 e. The Bertz CT molecular complexity index is 624. The summed E-state index contributed by atoms with van der Waals surface area (Å²) in [6.45, 7) is 4.66. The van der Waals surface area contributed by atoms with Crippen LogP contribution < -0.4 is 0 Å². The van der Waals surface area contributed by atoms with Crippen LogP contribution in [0.1, 0.15) is 65.2 Å². The minimum atomic E-state index is -0.104. The molecular weight excluding hydrogens is 282 g/mol. The maximum atomic E-state index is 9.79. The van der Waals surface area contributed by atoms with Crippen LogP contribution in [0.5, 0.6) is 0 Å². The highest BCUT2D eigenvalue weighted by molar-refractivity contribution is 5.33. The second-order valence-corrected chi connectivity index (χ2v) is 8.74. The fraction of sp³-hybridized carbons (Fsp3) is 0.762. The number of hydrogen-bond donors (Lipinski definition) is 0. The first-order valence-corrected chi connectivity index (χ1v) is 9.37. The molecular formula is C21H29NO. The molecule has 4 aliphatic carbocycles. The van der Waals surface area contributed by atoms with E-state index < -0.39 is 0 Å². The summed E-state index contributed by atoms with van der Waals surface area (Å²) in [4.78, 5) is 0. The van der Waals surface area contributed by atoms with Crippen LogP contribution in [0.2, 0.25) is 0 Å². The molecule has 0 bridgehead atoms. The number of ether oxygens (including phenoxy) is 1. The standard InChI is InChI=1S/C21H29NO/c1-20(13-22)10-9-19-18-6-4-14-12-15(23-3)5-7-16(14)17(18)8-11-21(19,20)2/h5,17-19H,4,6-12H2,1-3H3/t17-,18-,19+,20-,21+/m1/s1. The third-order valence-electron chi connectivity index (χ3n) is 8.17. The highest BCUT2D eigenvalue weighted by Crippen LogP contribution is 2.67. The molecule has 2 heteroatoms. The lowest BCUT2D eigenvalue weighted by atomic mass is 9.51. The third kappa shape index (κ3) is 1.98. The smallest absolute Gasteiger partial charge is 0.0959 e. The Balaban J connectivity index is 1.63. The maximum absolute atomic E-state index is 9.79. The number of nitrogens with zero attached hydrogens (tertiary/aromatic N) is 1. The average Bonchev–Trinajstić information content (AvgIpc) is 2.86. The molecule has 124 valence electrons. The molecule has 0 spiro atoms. The van der Waals surface area contributed by atoms with Crippen molar-refractivity contribution in [1.29, 1.82) is 5.26 Å². The van der Waals surface area contributed by atoms with Crippen molar-refractivity contribution in [2.45, 2.75) is 65.2 Å². The molecule has 4 aliphatic rings. The zero-order valence-corrected chi connectivity index (χ0v) is 14.8. The zero-order valence-electron chi connectivity index (χ0n) is 14.8. The zero-order chi connectivity index (χ0) is 16.2. The Hall–Kier alpha value is -1.23. The van der Waals surface area contributed by atoms with Crippen molar-refractivity contribution < 1.29 is 4.74 Å². The van der Waals surface area contributed by atoms with Crippen molar-refractivity contribution in [3.63, 3.8) is 0 Å². The van der Waals surface area contributed by atoms with E-state index in [1.54, 1.807) is 18.3 Å². The topological polar surface area (TPSA) is 33.0 Å². The molecule has 2 saturated carbocycles. The Morgan fingerprint density at radius 3 is 2.78 bits per heavy atom. The van der Waals surface area contributed by atoms with Gasteiger partial charge in [0, 0.05) is 6.42 Å². The van der Waals surface area contributed by atoms with E-state index in [0.717, 1.165) is 37.0 Å². The van der Waals surface area contributed by atoms with Gasteiger partial charge in [-0.15, -0.1) is 0 Å². The van der Waals surface area contributed by atoms with Crippen LogP contribution in [0.4, 0.5) is 0 Å². The predicted octanol–water partition coefficient (Wildman–Crippen LogP) is 5.37. The first kappa shape index (κ1) is 15.3. The molecule has 4 rings (SSSR count). The van der Waals surface area contributed by atoms with E-state index >= 15 is 0 Å². The summed E-state index contributed by atoms with van der Waals surface area (Å²) in [6.07, 6.45) is 12.0. The third-order valence-corrected chi connectivity index (χ3v) is 8.17. The average molecular weight is 311 g/mol. The molecule has 0 radical (unpaired) electrons. The van der Waals surface area contributed by atoms with Gasteiger partial charge in [0.25, 0.3) is 0 Å². The van der Waals surface area contributed by atoms with E-state index in [-0.39, 0.29) is 10.8 Å². The van der Waals surface area contributed by atoms with Crippen LogP contribution in [0, 0.1) is 39.9 Å². The second kappa shape index (κ2) is 5.13. The monoisotopic (exact) mass is 311 g/mol. The second-order valence-electron chi connectivity index (χ2n) is 8.74. The van der Waals surface area contributed by atoms with Crippen molar-refractivity contribution in [2.75, 3.05) is 7.11 Å². The number of rotatable bonds is 1. The van der Waals surface area contributed by atoms with Gasteiger partial charge in [0.05, 0.1) is 24.4 Å². The molecule has 0 aromatic rings. The van der Waals surface area contributed by atoms with E-state index in [4.69, 9.17) is 4.74 Å². The van der Waals surface area contributed by atoms with Crippen LogP contribution >= 0.6 is 0 Å². The van der Waals surface area contributed by atoms with E-state index in [1.807, 2.05) is 0 Å². The number of fused-ring (bicyclic) bond motifs is 4. The quantitative estimate of drug-likeness (QED) is 0.610. The highest BCUT2D eigenvalue weighted by atomic mass is 16.5. The minimum Gasteiger partial charge on any atom is -0.501 e. The molecule has 0 N–H and O–H groups in total. The van der Waals surface area contributed by atoms with Crippen LogP contribution in [0.15, 0.2) is 23.0 Å². The molecule has 0 unspecified atom stereocenters. The van der Waals surface area contributed by atoms with Crippen molar-refractivity contribution in [2.24, 2.45) is 28.6 Å². The SMILES string of the molecule is COC1=CCC2=C(CC[C@@H]3[C@@H]2CC[C@@]2(C)[C@H]3CC[C@]2(C)C#N)C1. The Morgan fingerprint density at radius 1 is 1.22 bits per heavy atom. The van der Waals surface area contributed by atoms with Gasteiger partial charge >= 0.3 is 0 Å². The van der Waals surface area contributed by atoms with Gasteiger partial charge in [-0.1, -0.05) is 18.1 Å². The van der Waals surface area contributed by atoms with E-state index in [9.17, 15) is 5.26 Å². The molecule has 0 amide bonds.